The highest BCUT2D eigenvalue weighted by atomic mass is 16.2. The Balaban J connectivity index is 1.99. The molecule has 0 fully saturated rings. The lowest BCUT2D eigenvalue weighted by atomic mass is 10.1. The van der Waals surface area contributed by atoms with Crippen LogP contribution in [-0.4, -0.2) is 5.91 Å². The van der Waals surface area contributed by atoms with E-state index in [-0.39, 0.29) is 5.91 Å². The first kappa shape index (κ1) is 12.9. The molecule has 0 aromatic heterocycles. The molecule has 1 aliphatic rings. The largest absolute Gasteiger partial charge is 0.285 e. The van der Waals surface area contributed by atoms with Crippen molar-refractivity contribution in [3.8, 4) is 0 Å². The molecule has 1 aromatic carbocycles. The van der Waals surface area contributed by atoms with Gasteiger partial charge in [0.2, 0.25) is 5.91 Å². The van der Waals surface area contributed by atoms with Crippen molar-refractivity contribution in [2.45, 2.75) is 45.4 Å². The third-order valence-corrected chi connectivity index (χ3v) is 3.35. The number of anilines is 1. The highest BCUT2D eigenvalue weighted by Gasteiger charge is 2.24. The number of benzene rings is 1. The molecule has 2 heteroatoms. The maximum atomic E-state index is 11.9. The second-order valence-corrected chi connectivity index (χ2v) is 4.77. The number of amides is 1. The highest BCUT2D eigenvalue weighted by Crippen LogP contribution is 2.28. The lowest BCUT2D eigenvalue weighted by molar-refractivity contribution is -0.116. The third-order valence-electron chi connectivity index (χ3n) is 3.35. The van der Waals surface area contributed by atoms with Gasteiger partial charge in [-0.3, -0.25) is 9.69 Å². The van der Waals surface area contributed by atoms with E-state index in [0.717, 1.165) is 12.1 Å². The van der Waals surface area contributed by atoms with Crippen LogP contribution in [0.25, 0.3) is 0 Å². The molecular formula is C16H21NO. The summed E-state index contributed by atoms with van der Waals surface area (Å²) in [7, 11) is 0. The van der Waals surface area contributed by atoms with Gasteiger partial charge in [0.15, 0.2) is 0 Å². The summed E-state index contributed by atoms with van der Waals surface area (Å²) >= 11 is 0. The predicted molar refractivity (Wildman–Crippen MR) is 75.4 cm³/mol. The van der Waals surface area contributed by atoms with Crippen molar-refractivity contribution in [1.82, 2.24) is 0 Å². The molecule has 0 bridgehead atoms. The van der Waals surface area contributed by atoms with Crippen LogP contribution < -0.4 is 4.90 Å². The van der Waals surface area contributed by atoms with Crippen molar-refractivity contribution >= 4 is 11.6 Å². The van der Waals surface area contributed by atoms with Crippen LogP contribution in [0.5, 0.6) is 0 Å². The van der Waals surface area contributed by atoms with Gasteiger partial charge in [-0.2, -0.15) is 0 Å². The van der Waals surface area contributed by atoms with Crippen LogP contribution in [0.4, 0.5) is 5.69 Å². The average Bonchev–Trinajstić information content (AvgIpc) is 2.77. The zero-order valence-corrected chi connectivity index (χ0v) is 11.1. The van der Waals surface area contributed by atoms with Crippen LogP contribution in [0.1, 0.15) is 45.4 Å². The minimum Gasteiger partial charge on any atom is -0.285 e. The molecular weight excluding hydrogens is 222 g/mol. The van der Waals surface area contributed by atoms with Crippen LogP contribution in [0.2, 0.25) is 0 Å². The number of hydrogen-bond acceptors (Lipinski definition) is 1. The normalized spacial score (nSPS) is 15.1. The summed E-state index contributed by atoms with van der Waals surface area (Å²) in [4.78, 5) is 13.8. The molecule has 0 radical (unpaired) electrons. The lowest BCUT2D eigenvalue weighted by Crippen LogP contribution is -2.24. The fourth-order valence-corrected chi connectivity index (χ4v) is 2.38. The smallest absolute Gasteiger partial charge is 0.235 e. The first-order valence-corrected chi connectivity index (χ1v) is 6.90. The number of nitrogens with zero attached hydrogens (tertiary/aromatic N) is 1. The van der Waals surface area contributed by atoms with Crippen LogP contribution in [0, 0.1) is 0 Å². The first-order valence-electron chi connectivity index (χ1n) is 6.90. The number of unbranched alkanes of at least 4 members (excludes halogenated alkanes) is 3. The molecule has 1 aromatic rings. The number of allylic oxidation sites excluding steroid dienone is 1. The number of para-hydroxylation sites is 1. The summed E-state index contributed by atoms with van der Waals surface area (Å²) in [6.45, 7) is 2.22. The van der Waals surface area contributed by atoms with Gasteiger partial charge in [-0.05, 0) is 25.0 Å². The lowest BCUT2D eigenvalue weighted by Gasteiger charge is -2.20. The van der Waals surface area contributed by atoms with Gasteiger partial charge in [-0.25, -0.2) is 0 Å². The summed E-state index contributed by atoms with van der Waals surface area (Å²) in [6.07, 6.45) is 8.62. The number of carbonyl (C=O) groups is 1. The second kappa shape index (κ2) is 6.39. The molecule has 1 heterocycles. The molecule has 0 aliphatic carbocycles. The van der Waals surface area contributed by atoms with Gasteiger partial charge in [0.25, 0.3) is 0 Å². The molecule has 1 amide bonds. The summed E-state index contributed by atoms with van der Waals surface area (Å²) in [6, 6.07) is 9.95. The molecule has 0 saturated heterocycles. The van der Waals surface area contributed by atoms with Gasteiger partial charge < -0.3 is 0 Å². The van der Waals surface area contributed by atoms with E-state index in [1.165, 1.54) is 31.4 Å². The Hall–Kier alpha value is -1.57. The fourth-order valence-electron chi connectivity index (χ4n) is 2.38. The average molecular weight is 243 g/mol. The Bertz CT molecular complexity index is 422. The second-order valence-electron chi connectivity index (χ2n) is 4.77. The Morgan fingerprint density at radius 2 is 1.89 bits per heavy atom. The molecule has 18 heavy (non-hydrogen) atoms. The summed E-state index contributed by atoms with van der Waals surface area (Å²) in [5.74, 6) is 0.201. The zero-order chi connectivity index (χ0) is 12.8. The van der Waals surface area contributed by atoms with E-state index in [9.17, 15) is 4.79 Å². The third kappa shape index (κ3) is 3.00. The molecule has 2 rings (SSSR count). The summed E-state index contributed by atoms with van der Waals surface area (Å²) < 4.78 is 0. The van der Waals surface area contributed by atoms with Crippen LogP contribution in [0.15, 0.2) is 42.1 Å². The van der Waals surface area contributed by atoms with Crippen molar-refractivity contribution in [1.29, 1.82) is 0 Å². The maximum absolute atomic E-state index is 11.9. The van der Waals surface area contributed by atoms with E-state index >= 15 is 0 Å². The fraction of sp³-hybridized carbons (Fsp3) is 0.438. The van der Waals surface area contributed by atoms with Gasteiger partial charge in [-0.15, -0.1) is 0 Å². The molecule has 0 spiro atoms. The Morgan fingerprint density at radius 3 is 2.61 bits per heavy atom. The van der Waals surface area contributed by atoms with E-state index in [0.29, 0.717) is 6.42 Å². The van der Waals surface area contributed by atoms with Crippen molar-refractivity contribution < 1.29 is 4.79 Å². The predicted octanol–water partition coefficient (Wildman–Crippen LogP) is 4.28. The minimum absolute atomic E-state index is 0.201. The zero-order valence-electron chi connectivity index (χ0n) is 11.1. The Labute approximate surface area is 109 Å². The van der Waals surface area contributed by atoms with E-state index in [1.807, 2.05) is 35.2 Å². The van der Waals surface area contributed by atoms with Crippen LogP contribution in [0.3, 0.4) is 0 Å². The van der Waals surface area contributed by atoms with Gasteiger partial charge in [0.1, 0.15) is 0 Å². The molecule has 0 atom stereocenters. The van der Waals surface area contributed by atoms with E-state index in [1.54, 1.807) is 0 Å². The van der Waals surface area contributed by atoms with Crippen LogP contribution in [-0.2, 0) is 4.79 Å². The van der Waals surface area contributed by atoms with Crippen molar-refractivity contribution in [2.24, 2.45) is 0 Å². The van der Waals surface area contributed by atoms with Crippen molar-refractivity contribution in [3.63, 3.8) is 0 Å². The monoisotopic (exact) mass is 243 g/mol. The SMILES string of the molecule is CCCCCCC1=CCC(=O)N1c1ccccc1. The van der Waals surface area contributed by atoms with Crippen molar-refractivity contribution in [2.75, 3.05) is 4.90 Å². The van der Waals surface area contributed by atoms with Gasteiger partial charge in [0.05, 0.1) is 0 Å². The number of rotatable bonds is 6. The topological polar surface area (TPSA) is 20.3 Å². The van der Waals surface area contributed by atoms with Gasteiger partial charge in [0, 0.05) is 17.8 Å². The standard InChI is InChI=1S/C16H21NO/c1-2-3-4-6-11-15-12-13-16(18)17(15)14-9-7-5-8-10-14/h5,7-10,12H,2-4,6,11,13H2,1H3. The van der Waals surface area contributed by atoms with E-state index in [2.05, 4.69) is 13.0 Å². The van der Waals surface area contributed by atoms with Gasteiger partial charge >= 0.3 is 0 Å². The van der Waals surface area contributed by atoms with Gasteiger partial charge in [-0.1, -0.05) is 50.5 Å². The summed E-state index contributed by atoms with van der Waals surface area (Å²) in [5, 5.41) is 0. The summed E-state index contributed by atoms with van der Waals surface area (Å²) in [5.41, 5.74) is 2.18. The van der Waals surface area contributed by atoms with E-state index < -0.39 is 0 Å². The molecule has 0 saturated carbocycles. The first-order chi connectivity index (χ1) is 8.83. The van der Waals surface area contributed by atoms with Crippen molar-refractivity contribution in [3.05, 3.63) is 42.1 Å². The van der Waals surface area contributed by atoms with Crippen LogP contribution >= 0.6 is 0 Å². The number of carbonyl (C=O) groups excluding carboxylic acids is 1. The maximum Gasteiger partial charge on any atom is 0.235 e. The quantitative estimate of drug-likeness (QED) is 0.683. The number of hydrogen-bond donors (Lipinski definition) is 0. The Morgan fingerprint density at radius 1 is 1.11 bits per heavy atom. The van der Waals surface area contributed by atoms with E-state index in [4.69, 9.17) is 0 Å². The Kier molecular flexibility index (Phi) is 4.57. The minimum atomic E-state index is 0.201. The molecule has 2 nitrogen and oxygen atoms in total. The molecule has 1 aliphatic heterocycles. The molecule has 0 unspecified atom stereocenters. The molecule has 96 valence electrons. The highest BCUT2D eigenvalue weighted by molar-refractivity contribution is 6.00. The molecule has 0 N–H and O–H groups in total.